The van der Waals surface area contributed by atoms with Gasteiger partial charge in [0.2, 0.25) is 5.91 Å². The maximum atomic E-state index is 12.2. The maximum absolute atomic E-state index is 12.2. The van der Waals surface area contributed by atoms with Gasteiger partial charge >= 0.3 is 0 Å². The first-order valence-corrected chi connectivity index (χ1v) is 7.86. The molecule has 23 heavy (non-hydrogen) atoms. The number of amides is 1. The van der Waals surface area contributed by atoms with Crippen molar-refractivity contribution in [1.82, 2.24) is 24.4 Å². The van der Waals surface area contributed by atoms with E-state index in [1.165, 1.54) is 0 Å². The van der Waals surface area contributed by atoms with Gasteiger partial charge in [0.1, 0.15) is 18.2 Å². The molecule has 0 saturated carbocycles. The first-order chi connectivity index (χ1) is 11.2. The number of hydrogen-bond acceptors (Lipinski definition) is 3. The van der Waals surface area contributed by atoms with E-state index >= 15 is 0 Å². The summed E-state index contributed by atoms with van der Waals surface area (Å²) in [5.74, 6) is 1.90. The van der Waals surface area contributed by atoms with Crippen LogP contribution in [0.4, 0.5) is 0 Å². The van der Waals surface area contributed by atoms with Gasteiger partial charge in [-0.3, -0.25) is 4.79 Å². The third kappa shape index (κ3) is 3.26. The molecular weight excluding hydrogens is 290 g/mol. The van der Waals surface area contributed by atoms with Crippen LogP contribution in [0.1, 0.15) is 18.6 Å². The van der Waals surface area contributed by atoms with Crippen LogP contribution >= 0.6 is 0 Å². The number of rotatable bonds is 6. The van der Waals surface area contributed by atoms with Crippen molar-refractivity contribution in [2.24, 2.45) is 7.05 Å². The molecule has 0 aliphatic carbocycles. The third-order valence-corrected chi connectivity index (χ3v) is 3.94. The number of carbonyl (C=O) groups is 1. The van der Waals surface area contributed by atoms with Gasteiger partial charge in [-0.15, -0.1) is 0 Å². The molecule has 3 rings (SSSR count). The smallest absolute Gasteiger partial charge is 0.240 e. The van der Waals surface area contributed by atoms with Crippen molar-refractivity contribution in [1.29, 1.82) is 0 Å². The SMILES string of the molecule is CCc1nc2ccccc2n1CC(=O)NCCc1nccn1C. The molecule has 2 aromatic heterocycles. The Hall–Kier alpha value is -2.63. The van der Waals surface area contributed by atoms with Crippen LogP contribution in [0, 0.1) is 0 Å². The number of imidazole rings is 2. The summed E-state index contributed by atoms with van der Waals surface area (Å²) in [5.41, 5.74) is 1.94. The molecule has 0 bridgehead atoms. The number of nitrogens with one attached hydrogen (secondary N) is 1. The highest BCUT2D eigenvalue weighted by molar-refractivity contribution is 5.81. The highest BCUT2D eigenvalue weighted by Gasteiger charge is 2.12. The van der Waals surface area contributed by atoms with Crippen LogP contribution in [-0.4, -0.2) is 31.6 Å². The largest absolute Gasteiger partial charge is 0.354 e. The lowest BCUT2D eigenvalue weighted by Crippen LogP contribution is -2.30. The van der Waals surface area contributed by atoms with E-state index in [9.17, 15) is 4.79 Å². The zero-order valence-corrected chi connectivity index (χ0v) is 13.5. The van der Waals surface area contributed by atoms with E-state index in [-0.39, 0.29) is 5.91 Å². The molecule has 6 heteroatoms. The molecule has 0 unspecified atom stereocenters. The monoisotopic (exact) mass is 311 g/mol. The Morgan fingerprint density at radius 2 is 2.09 bits per heavy atom. The van der Waals surface area contributed by atoms with E-state index < -0.39 is 0 Å². The second kappa shape index (κ2) is 6.64. The number of aryl methyl sites for hydroxylation is 2. The molecule has 0 spiro atoms. The van der Waals surface area contributed by atoms with Crippen molar-refractivity contribution in [3.05, 3.63) is 48.3 Å². The fourth-order valence-corrected chi connectivity index (χ4v) is 2.72. The van der Waals surface area contributed by atoms with E-state index in [1.807, 2.05) is 46.6 Å². The number of nitrogens with zero attached hydrogens (tertiary/aromatic N) is 4. The lowest BCUT2D eigenvalue weighted by molar-refractivity contribution is -0.121. The molecule has 0 radical (unpaired) electrons. The lowest BCUT2D eigenvalue weighted by Gasteiger charge is -2.09. The Morgan fingerprint density at radius 3 is 2.83 bits per heavy atom. The fraction of sp³-hybridized carbons (Fsp3) is 0.353. The van der Waals surface area contributed by atoms with Gasteiger partial charge < -0.3 is 14.5 Å². The summed E-state index contributed by atoms with van der Waals surface area (Å²) in [6.07, 6.45) is 5.19. The summed E-state index contributed by atoms with van der Waals surface area (Å²) in [7, 11) is 1.95. The standard InChI is InChI=1S/C17H21N5O/c1-3-15-20-13-6-4-5-7-14(13)22(15)12-17(23)19-9-8-16-18-10-11-21(16)2/h4-7,10-11H,3,8-9,12H2,1-2H3,(H,19,23). The lowest BCUT2D eigenvalue weighted by atomic mass is 10.3. The normalized spacial score (nSPS) is 11.0. The van der Waals surface area contributed by atoms with Crippen molar-refractivity contribution < 1.29 is 4.79 Å². The number of para-hydroxylation sites is 2. The van der Waals surface area contributed by atoms with Crippen LogP contribution in [0.15, 0.2) is 36.7 Å². The van der Waals surface area contributed by atoms with Crippen LogP contribution in [-0.2, 0) is 31.2 Å². The van der Waals surface area contributed by atoms with Crippen molar-refractivity contribution >= 4 is 16.9 Å². The summed E-state index contributed by atoms with van der Waals surface area (Å²) in [6, 6.07) is 7.91. The minimum absolute atomic E-state index is 0.00272. The van der Waals surface area contributed by atoms with Gasteiger partial charge in [0.25, 0.3) is 0 Å². The quantitative estimate of drug-likeness (QED) is 0.753. The highest BCUT2D eigenvalue weighted by Crippen LogP contribution is 2.16. The van der Waals surface area contributed by atoms with Crippen molar-refractivity contribution in [2.75, 3.05) is 6.54 Å². The second-order valence-corrected chi connectivity index (χ2v) is 5.51. The zero-order chi connectivity index (χ0) is 16.2. The molecule has 0 aliphatic heterocycles. The molecule has 0 fully saturated rings. The van der Waals surface area contributed by atoms with Gasteiger partial charge in [-0.1, -0.05) is 19.1 Å². The summed E-state index contributed by atoms with van der Waals surface area (Å²) in [5, 5.41) is 2.96. The van der Waals surface area contributed by atoms with Crippen LogP contribution in [0.25, 0.3) is 11.0 Å². The summed E-state index contributed by atoms with van der Waals surface area (Å²) in [4.78, 5) is 21.1. The van der Waals surface area contributed by atoms with Crippen LogP contribution in [0.5, 0.6) is 0 Å². The van der Waals surface area contributed by atoms with E-state index in [2.05, 4.69) is 22.2 Å². The molecule has 120 valence electrons. The molecule has 2 heterocycles. The first kappa shape index (κ1) is 15.3. The average molecular weight is 311 g/mol. The molecule has 1 aromatic carbocycles. The Kier molecular flexibility index (Phi) is 4.41. The number of carbonyl (C=O) groups excluding carboxylic acids is 1. The highest BCUT2D eigenvalue weighted by atomic mass is 16.1. The maximum Gasteiger partial charge on any atom is 0.240 e. The minimum atomic E-state index is -0.00272. The first-order valence-electron chi connectivity index (χ1n) is 7.86. The molecule has 0 atom stereocenters. The zero-order valence-electron chi connectivity index (χ0n) is 13.5. The molecule has 6 nitrogen and oxygen atoms in total. The van der Waals surface area contributed by atoms with Crippen LogP contribution < -0.4 is 5.32 Å². The predicted molar refractivity (Wildman–Crippen MR) is 89.0 cm³/mol. The molecular formula is C17H21N5O. The van der Waals surface area contributed by atoms with E-state index in [1.54, 1.807) is 6.20 Å². The number of hydrogen-bond donors (Lipinski definition) is 1. The Morgan fingerprint density at radius 1 is 1.26 bits per heavy atom. The fourth-order valence-electron chi connectivity index (χ4n) is 2.72. The number of aromatic nitrogens is 4. The minimum Gasteiger partial charge on any atom is -0.354 e. The van der Waals surface area contributed by atoms with Crippen LogP contribution in [0.3, 0.4) is 0 Å². The Balaban J connectivity index is 1.65. The van der Waals surface area contributed by atoms with E-state index in [4.69, 9.17) is 0 Å². The summed E-state index contributed by atoms with van der Waals surface area (Å²) in [6.45, 7) is 2.93. The van der Waals surface area contributed by atoms with Crippen molar-refractivity contribution in [3.63, 3.8) is 0 Å². The molecule has 3 aromatic rings. The second-order valence-electron chi connectivity index (χ2n) is 5.51. The van der Waals surface area contributed by atoms with Gasteiger partial charge in [0.15, 0.2) is 0 Å². The van der Waals surface area contributed by atoms with E-state index in [0.717, 1.165) is 35.5 Å². The Bertz CT molecular complexity index is 817. The predicted octanol–water partition coefficient (Wildman–Crippen LogP) is 1.69. The van der Waals surface area contributed by atoms with Gasteiger partial charge in [-0.25, -0.2) is 9.97 Å². The molecule has 1 amide bonds. The number of fused-ring (bicyclic) bond motifs is 1. The van der Waals surface area contributed by atoms with Gasteiger partial charge in [0, 0.05) is 38.8 Å². The topological polar surface area (TPSA) is 64.7 Å². The van der Waals surface area contributed by atoms with E-state index in [0.29, 0.717) is 13.1 Å². The van der Waals surface area contributed by atoms with Crippen molar-refractivity contribution in [3.8, 4) is 0 Å². The van der Waals surface area contributed by atoms with Gasteiger partial charge in [-0.2, -0.15) is 0 Å². The van der Waals surface area contributed by atoms with Crippen molar-refractivity contribution in [2.45, 2.75) is 26.3 Å². The summed E-state index contributed by atoms with van der Waals surface area (Å²) < 4.78 is 3.95. The molecule has 0 aliphatic rings. The van der Waals surface area contributed by atoms with Crippen LogP contribution in [0.2, 0.25) is 0 Å². The Labute approximate surface area is 135 Å². The number of benzene rings is 1. The average Bonchev–Trinajstić information content (AvgIpc) is 3.12. The summed E-state index contributed by atoms with van der Waals surface area (Å²) >= 11 is 0. The third-order valence-electron chi connectivity index (χ3n) is 3.94. The molecule has 1 N–H and O–H groups in total. The van der Waals surface area contributed by atoms with Gasteiger partial charge in [-0.05, 0) is 12.1 Å². The molecule has 0 saturated heterocycles. The van der Waals surface area contributed by atoms with Gasteiger partial charge in [0.05, 0.1) is 11.0 Å².